The van der Waals surface area contributed by atoms with Crippen molar-refractivity contribution < 1.29 is 33.0 Å². The fraction of sp³-hybridized carbons (Fsp3) is 0.107. The molecular formula is C28H24O7. The minimum Gasteiger partial charge on any atom is -0.457 e. The van der Waals surface area contributed by atoms with Gasteiger partial charge in [0, 0.05) is 22.8 Å². The van der Waals surface area contributed by atoms with E-state index in [0.717, 1.165) is 5.56 Å². The third-order valence-electron chi connectivity index (χ3n) is 4.57. The molecule has 0 aliphatic rings. The molecule has 0 bridgehead atoms. The van der Waals surface area contributed by atoms with E-state index in [2.05, 4.69) is 13.2 Å². The van der Waals surface area contributed by atoms with E-state index in [9.17, 15) is 14.4 Å². The summed E-state index contributed by atoms with van der Waals surface area (Å²) in [7, 11) is 0. The lowest BCUT2D eigenvalue weighted by Gasteiger charge is -2.06. The van der Waals surface area contributed by atoms with Crippen LogP contribution in [0, 0.1) is 0 Å². The fourth-order valence-corrected chi connectivity index (χ4v) is 2.76. The van der Waals surface area contributed by atoms with Crippen LogP contribution in [0.3, 0.4) is 0 Å². The molecule has 0 unspecified atom stereocenters. The van der Waals surface area contributed by atoms with Gasteiger partial charge >= 0.3 is 17.9 Å². The lowest BCUT2D eigenvalue weighted by Crippen LogP contribution is -2.08. The second-order valence-corrected chi connectivity index (χ2v) is 7.73. The lowest BCUT2D eigenvalue weighted by atomic mass is 10.2. The van der Waals surface area contributed by atoms with Gasteiger partial charge in [0.1, 0.15) is 28.8 Å². The van der Waals surface area contributed by atoms with Gasteiger partial charge in [0.15, 0.2) is 0 Å². The Hall–Kier alpha value is -4.65. The molecule has 0 fully saturated rings. The number of rotatable bonds is 8. The van der Waals surface area contributed by atoms with Crippen molar-refractivity contribution in [2.75, 3.05) is 0 Å². The summed E-state index contributed by atoms with van der Waals surface area (Å²) in [5.74, 6) is 0.511. The predicted molar refractivity (Wildman–Crippen MR) is 131 cm³/mol. The first-order valence-electron chi connectivity index (χ1n) is 10.6. The summed E-state index contributed by atoms with van der Waals surface area (Å²) in [6.07, 6.45) is 1.59. The molecule has 3 rings (SSSR count). The van der Waals surface area contributed by atoms with Gasteiger partial charge in [-0.25, -0.2) is 14.4 Å². The zero-order valence-corrected chi connectivity index (χ0v) is 19.6. The van der Waals surface area contributed by atoms with Crippen molar-refractivity contribution in [1.29, 1.82) is 0 Å². The smallest absolute Gasteiger partial charge is 0.343 e. The molecule has 35 heavy (non-hydrogen) atoms. The number of hydrogen-bond donors (Lipinski definition) is 0. The molecule has 0 atom stereocenters. The van der Waals surface area contributed by atoms with Crippen LogP contribution in [-0.4, -0.2) is 17.9 Å². The van der Waals surface area contributed by atoms with Crippen LogP contribution in [-0.2, 0) is 14.3 Å². The van der Waals surface area contributed by atoms with Gasteiger partial charge in [-0.3, -0.25) is 0 Å². The Morgan fingerprint density at radius 1 is 0.743 bits per heavy atom. The Balaban J connectivity index is 1.61. The van der Waals surface area contributed by atoms with Gasteiger partial charge < -0.3 is 18.6 Å². The van der Waals surface area contributed by atoms with Crippen LogP contribution < -0.4 is 9.47 Å². The number of furan rings is 1. The average molecular weight is 472 g/mol. The van der Waals surface area contributed by atoms with Gasteiger partial charge in [0.25, 0.3) is 0 Å². The zero-order chi connectivity index (χ0) is 25.5. The standard InChI is InChI=1S/C28H24O7/c1-17(2)26(29)34-22-10-6-20(7-11-22)25-15-14-24(33-25)16-19(5)32-28(31)21-8-12-23(13-9-21)35-27(30)18(3)4/h6-16H,1,3H2,2,4-5H3/b19-16+. The molecular weight excluding hydrogens is 448 g/mol. The van der Waals surface area contributed by atoms with Gasteiger partial charge in [0.05, 0.1) is 5.56 Å². The summed E-state index contributed by atoms with van der Waals surface area (Å²) in [5.41, 5.74) is 1.66. The van der Waals surface area contributed by atoms with Crippen molar-refractivity contribution >= 4 is 24.0 Å². The summed E-state index contributed by atoms with van der Waals surface area (Å²) < 4.78 is 21.5. The molecule has 0 spiro atoms. The molecule has 7 heteroatoms. The quantitative estimate of drug-likeness (QED) is 0.169. The number of hydrogen-bond acceptors (Lipinski definition) is 7. The summed E-state index contributed by atoms with van der Waals surface area (Å²) in [5, 5.41) is 0. The third kappa shape index (κ3) is 6.91. The number of benzene rings is 2. The second kappa shape index (κ2) is 11.0. The highest BCUT2D eigenvalue weighted by molar-refractivity contribution is 5.91. The van der Waals surface area contributed by atoms with E-state index in [-0.39, 0.29) is 5.57 Å². The lowest BCUT2D eigenvalue weighted by molar-refractivity contribution is -0.130. The molecule has 0 amide bonds. The molecule has 0 saturated carbocycles. The summed E-state index contributed by atoms with van der Waals surface area (Å²) in [6, 6.07) is 16.4. The topological polar surface area (TPSA) is 92.0 Å². The Labute approximate surface area is 202 Å². The van der Waals surface area contributed by atoms with Crippen LogP contribution in [0.1, 0.15) is 36.9 Å². The largest absolute Gasteiger partial charge is 0.457 e. The number of carbonyl (C=O) groups is 3. The van der Waals surface area contributed by atoms with Crippen LogP contribution in [0.25, 0.3) is 17.4 Å². The molecule has 0 aliphatic heterocycles. The number of allylic oxidation sites excluding steroid dienone is 1. The number of carbonyl (C=O) groups excluding carboxylic acids is 3. The maximum atomic E-state index is 12.4. The van der Waals surface area contributed by atoms with Gasteiger partial charge in [-0.05, 0) is 81.4 Å². The first-order valence-corrected chi connectivity index (χ1v) is 10.6. The summed E-state index contributed by atoms with van der Waals surface area (Å²) in [4.78, 5) is 35.6. The van der Waals surface area contributed by atoms with E-state index in [1.54, 1.807) is 63.2 Å². The second-order valence-electron chi connectivity index (χ2n) is 7.73. The van der Waals surface area contributed by atoms with Crippen molar-refractivity contribution in [3.8, 4) is 22.8 Å². The molecule has 1 aromatic heterocycles. The predicted octanol–water partition coefficient (Wildman–Crippen LogP) is 6.13. The van der Waals surface area contributed by atoms with Crippen molar-refractivity contribution in [1.82, 2.24) is 0 Å². The van der Waals surface area contributed by atoms with E-state index in [1.807, 2.05) is 0 Å². The Morgan fingerprint density at radius 3 is 1.77 bits per heavy atom. The first-order chi connectivity index (χ1) is 16.6. The van der Waals surface area contributed by atoms with Crippen LogP contribution in [0.15, 0.2) is 95.1 Å². The maximum absolute atomic E-state index is 12.4. The molecule has 0 aliphatic carbocycles. The number of ether oxygens (including phenoxy) is 3. The third-order valence-corrected chi connectivity index (χ3v) is 4.57. The van der Waals surface area contributed by atoms with Crippen LogP contribution in [0.2, 0.25) is 0 Å². The van der Waals surface area contributed by atoms with Crippen LogP contribution >= 0.6 is 0 Å². The minimum absolute atomic E-state index is 0.274. The van der Waals surface area contributed by atoms with Crippen molar-refractivity contribution in [3.05, 3.63) is 102 Å². The Morgan fingerprint density at radius 2 is 1.26 bits per heavy atom. The molecule has 7 nitrogen and oxygen atoms in total. The van der Waals surface area contributed by atoms with E-state index in [0.29, 0.717) is 39.9 Å². The van der Waals surface area contributed by atoms with Gasteiger partial charge in [-0.15, -0.1) is 0 Å². The minimum atomic E-state index is -0.566. The Bertz CT molecular complexity index is 1310. The highest BCUT2D eigenvalue weighted by Crippen LogP contribution is 2.26. The van der Waals surface area contributed by atoms with Crippen LogP contribution in [0.5, 0.6) is 11.5 Å². The molecule has 2 aromatic carbocycles. The Kier molecular flexibility index (Phi) is 7.84. The van der Waals surface area contributed by atoms with Gasteiger partial charge in [-0.1, -0.05) is 13.2 Å². The maximum Gasteiger partial charge on any atom is 0.343 e. The summed E-state index contributed by atoms with van der Waals surface area (Å²) >= 11 is 0. The first kappa shape index (κ1) is 25.0. The fourth-order valence-electron chi connectivity index (χ4n) is 2.76. The normalized spacial score (nSPS) is 10.9. The monoisotopic (exact) mass is 472 g/mol. The van der Waals surface area contributed by atoms with E-state index >= 15 is 0 Å². The molecule has 178 valence electrons. The zero-order valence-electron chi connectivity index (χ0n) is 19.6. The number of esters is 3. The van der Waals surface area contributed by atoms with Crippen molar-refractivity contribution in [3.63, 3.8) is 0 Å². The SMILES string of the molecule is C=C(C)C(=O)Oc1ccc(C(=O)O/C(C)=C/c2ccc(-c3ccc(OC(=O)C(=C)C)cc3)o2)cc1. The highest BCUT2D eigenvalue weighted by atomic mass is 16.5. The molecule has 3 aromatic rings. The van der Waals surface area contributed by atoms with Gasteiger partial charge in [0.2, 0.25) is 0 Å². The molecule has 0 saturated heterocycles. The van der Waals surface area contributed by atoms with Gasteiger partial charge in [-0.2, -0.15) is 0 Å². The average Bonchev–Trinajstić information content (AvgIpc) is 3.28. The summed E-state index contributed by atoms with van der Waals surface area (Å²) in [6.45, 7) is 11.8. The highest BCUT2D eigenvalue weighted by Gasteiger charge is 2.12. The van der Waals surface area contributed by atoms with E-state index in [4.69, 9.17) is 18.6 Å². The van der Waals surface area contributed by atoms with E-state index < -0.39 is 17.9 Å². The molecule has 0 N–H and O–H groups in total. The molecule has 1 heterocycles. The van der Waals surface area contributed by atoms with E-state index in [1.165, 1.54) is 24.3 Å². The van der Waals surface area contributed by atoms with Crippen molar-refractivity contribution in [2.24, 2.45) is 0 Å². The van der Waals surface area contributed by atoms with Crippen molar-refractivity contribution in [2.45, 2.75) is 20.8 Å². The van der Waals surface area contributed by atoms with Crippen LogP contribution in [0.4, 0.5) is 0 Å². The molecule has 0 radical (unpaired) electrons.